The summed E-state index contributed by atoms with van der Waals surface area (Å²) in [6, 6.07) is 59.7. The van der Waals surface area contributed by atoms with Crippen LogP contribution < -0.4 is 5.46 Å². The molecule has 0 atom stereocenters. The van der Waals surface area contributed by atoms with Gasteiger partial charge < -0.3 is 4.65 Å². The first kappa shape index (κ1) is 35.8. The summed E-state index contributed by atoms with van der Waals surface area (Å²) in [6.45, 7) is 8.50. The minimum absolute atomic E-state index is 0. The van der Waals surface area contributed by atoms with Crippen molar-refractivity contribution in [3.05, 3.63) is 192 Å². The van der Waals surface area contributed by atoms with Gasteiger partial charge in [-0.2, -0.15) is 13.8 Å². The van der Waals surface area contributed by atoms with Crippen LogP contribution in [0, 0.1) is 37.0 Å². The fraction of sp³-hybridized carbons (Fsp3) is 0.120. The molecule has 1 aromatic heterocycles. The molecular weight excluding hydrogens is 893 g/mol. The quantitative estimate of drug-likeness (QED) is 0.118. The minimum Gasteiger partial charge on any atom is -0.460 e. The first-order chi connectivity index (χ1) is 26.3. The average Bonchev–Trinajstić information content (AvgIpc) is 3.84. The molecule has 2 aliphatic carbocycles. The topological polar surface area (TPSA) is 27.1 Å². The predicted molar refractivity (Wildman–Crippen MR) is 223 cm³/mol. The Morgan fingerprint density at radius 1 is 0.564 bits per heavy atom. The molecule has 0 fully saturated rings. The van der Waals surface area contributed by atoms with E-state index in [2.05, 4.69) is 196 Å². The average molecular weight is 933 g/mol. The summed E-state index contributed by atoms with van der Waals surface area (Å²) >= 11 is 0. The zero-order chi connectivity index (χ0) is 36.6. The third-order valence-electron chi connectivity index (χ3n) is 11.8. The van der Waals surface area contributed by atoms with Crippen LogP contribution in [0.2, 0.25) is 0 Å². The van der Waals surface area contributed by atoms with Crippen LogP contribution in [-0.4, -0.2) is 22.6 Å². The molecule has 1 spiro atoms. The first-order valence-electron chi connectivity index (χ1n) is 18.8. The van der Waals surface area contributed by atoms with E-state index in [1.165, 1.54) is 56.0 Å². The normalized spacial score (nSPS) is 13.3. The van der Waals surface area contributed by atoms with Crippen molar-refractivity contribution in [2.75, 3.05) is 0 Å². The summed E-state index contributed by atoms with van der Waals surface area (Å²) in [7, 11) is 1.93. The SMILES string of the molecule is C[C-](C)C(C)(C)O[B]c1ccc2c(c1)-c1cc(-c3cccc(-c4nc5ccccc5n4-c4ccccc4)c3)ccc1C21c2ccccc2-c2ccccc21.[U]. The van der Waals surface area contributed by atoms with Crippen LogP contribution in [0.3, 0.4) is 0 Å². The van der Waals surface area contributed by atoms with Gasteiger partial charge >= 0.3 is 7.48 Å². The van der Waals surface area contributed by atoms with Crippen molar-refractivity contribution in [2.45, 2.75) is 38.7 Å². The van der Waals surface area contributed by atoms with Crippen LogP contribution in [-0.2, 0) is 10.1 Å². The van der Waals surface area contributed by atoms with E-state index in [0.717, 1.165) is 39.1 Å². The first-order valence-corrected chi connectivity index (χ1v) is 18.8. The standard InChI is InChI=1S/C50H39BN2O.U/c1-32(2)49(3,4)54-51-36-26-28-45-41(31-36)40-30-34(25-27-44(40)50(45)42-21-10-8-19-38(42)39-20-9-11-22-43(39)50)33-15-14-16-35(29-33)48-52-46-23-12-13-24-47(46)53(48)37-17-6-5-7-18-37;/h5-31H,1-4H3;/q-1;. The van der Waals surface area contributed by atoms with Crippen molar-refractivity contribution in [1.82, 2.24) is 9.55 Å². The van der Waals surface area contributed by atoms with E-state index in [1.54, 1.807) is 0 Å². The van der Waals surface area contributed by atoms with Crippen LogP contribution in [0.1, 0.15) is 49.9 Å². The van der Waals surface area contributed by atoms with Gasteiger partial charge in [0.1, 0.15) is 5.82 Å². The summed E-state index contributed by atoms with van der Waals surface area (Å²) in [6.07, 6.45) is 0. The molecule has 0 N–H and O–H groups in total. The van der Waals surface area contributed by atoms with Crippen molar-refractivity contribution in [2.24, 2.45) is 0 Å². The van der Waals surface area contributed by atoms with Gasteiger partial charge in [0.15, 0.2) is 0 Å². The zero-order valence-electron chi connectivity index (χ0n) is 31.5. The summed E-state index contributed by atoms with van der Waals surface area (Å²) in [5, 5.41) is 0. The van der Waals surface area contributed by atoms with Gasteiger partial charge in [0.2, 0.25) is 0 Å². The van der Waals surface area contributed by atoms with Gasteiger partial charge in [-0.15, -0.1) is 0 Å². The third kappa shape index (κ3) is 5.55. The Hall–Kier alpha value is -4.91. The third-order valence-corrected chi connectivity index (χ3v) is 11.8. The number of benzene rings is 7. The number of hydrogen-bond acceptors (Lipinski definition) is 2. The molecule has 0 bridgehead atoms. The maximum atomic E-state index is 6.40. The van der Waals surface area contributed by atoms with Gasteiger partial charge in [-0.25, -0.2) is 4.98 Å². The molecule has 1 heterocycles. The monoisotopic (exact) mass is 932 g/mol. The van der Waals surface area contributed by atoms with E-state index in [-0.39, 0.29) is 36.7 Å². The molecule has 3 nitrogen and oxygen atoms in total. The molecule has 5 heteroatoms. The second-order valence-corrected chi connectivity index (χ2v) is 15.3. The van der Waals surface area contributed by atoms with E-state index in [4.69, 9.17) is 9.64 Å². The second kappa shape index (κ2) is 13.7. The van der Waals surface area contributed by atoms with Crippen LogP contribution in [0.25, 0.3) is 61.5 Å². The molecule has 7 aromatic carbocycles. The predicted octanol–water partition coefficient (Wildman–Crippen LogP) is 11.4. The summed E-state index contributed by atoms with van der Waals surface area (Å²) in [4.78, 5) is 5.17. The van der Waals surface area contributed by atoms with Crippen LogP contribution >= 0.6 is 0 Å². The molecule has 0 amide bonds. The van der Waals surface area contributed by atoms with Crippen molar-refractivity contribution in [3.8, 4) is 50.5 Å². The molecule has 8 aromatic rings. The number of rotatable bonds is 7. The Kier molecular flexibility index (Phi) is 8.90. The Labute approximate surface area is 348 Å². The van der Waals surface area contributed by atoms with Crippen molar-refractivity contribution >= 4 is 24.0 Å². The fourth-order valence-corrected chi connectivity index (χ4v) is 8.65. The van der Waals surface area contributed by atoms with E-state index in [9.17, 15) is 0 Å². The Bertz CT molecular complexity index is 2700. The molecule has 1 radical (unpaired) electrons. The number of imidazole rings is 1. The van der Waals surface area contributed by atoms with Crippen molar-refractivity contribution < 1.29 is 35.8 Å². The molecule has 10 rings (SSSR count). The number of fused-ring (bicyclic) bond motifs is 11. The number of para-hydroxylation sites is 3. The Morgan fingerprint density at radius 2 is 1.15 bits per heavy atom. The van der Waals surface area contributed by atoms with Gasteiger partial charge in [0.05, 0.1) is 16.4 Å². The Morgan fingerprint density at radius 3 is 1.87 bits per heavy atom. The number of hydrogen-bond donors (Lipinski definition) is 0. The van der Waals surface area contributed by atoms with Gasteiger partial charge in [0, 0.05) is 42.4 Å². The molecule has 0 aliphatic heterocycles. The smallest absolute Gasteiger partial charge is 0.327 e. The largest absolute Gasteiger partial charge is 0.460 e. The molecule has 0 saturated heterocycles. The van der Waals surface area contributed by atoms with E-state index >= 15 is 0 Å². The van der Waals surface area contributed by atoms with Crippen molar-refractivity contribution in [3.63, 3.8) is 0 Å². The summed E-state index contributed by atoms with van der Waals surface area (Å²) in [5.74, 6) is 2.16. The van der Waals surface area contributed by atoms with Gasteiger partial charge in [-0.1, -0.05) is 152 Å². The summed E-state index contributed by atoms with van der Waals surface area (Å²) < 4.78 is 8.67. The van der Waals surface area contributed by atoms with E-state index < -0.39 is 5.41 Å². The number of aromatic nitrogens is 2. The maximum absolute atomic E-state index is 6.40. The van der Waals surface area contributed by atoms with Crippen LogP contribution in [0.4, 0.5) is 0 Å². The molecule has 0 saturated carbocycles. The molecule has 0 unspecified atom stereocenters. The van der Waals surface area contributed by atoms with Crippen LogP contribution in [0.15, 0.2) is 164 Å². The van der Waals surface area contributed by atoms with Gasteiger partial charge in [-0.05, 0) is 92.0 Å². The zero-order valence-corrected chi connectivity index (χ0v) is 35.6. The Balaban J connectivity index is 0.00000397. The van der Waals surface area contributed by atoms with E-state index in [0.29, 0.717) is 0 Å². The van der Waals surface area contributed by atoms with Crippen molar-refractivity contribution in [1.29, 1.82) is 0 Å². The van der Waals surface area contributed by atoms with E-state index in [1.807, 2.05) is 7.48 Å². The maximum Gasteiger partial charge on any atom is 0.327 e. The summed E-state index contributed by atoms with van der Waals surface area (Å²) in [5.41, 5.74) is 17.2. The van der Waals surface area contributed by atoms with Gasteiger partial charge in [0.25, 0.3) is 0 Å². The second-order valence-electron chi connectivity index (χ2n) is 15.3. The molecule has 263 valence electrons. The molecule has 55 heavy (non-hydrogen) atoms. The fourth-order valence-electron chi connectivity index (χ4n) is 8.65. The number of nitrogens with zero attached hydrogens (tertiary/aromatic N) is 2. The molecule has 2 aliphatic rings. The molecular formula is C50H39BN2OU-. The van der Waals surface area contributed by atoms with Crippen LogP contribution in [0.5, 0.6) is 0 Å². The minimum atomic E-state index is -0.411. The van der Waals surface area contributed by atoms with Gasteiger partial charge in [-0.3, -0.25) is 10.5 Å².